The number of aromatic hydroxyl groups is 1. The van der Waals surface area contributed by atoms with Crippen molar-refractivity contribution in [3.05, 3.63) is 64.7 Å². The Kier molecular flexibility index (Phi) is 5.89. The zero-order chi connectivity index (χ0) is 18.4. The second-order valence-electron chi connectivity index (χ2n) is 5.36. The molecular weight excluding hydrogens is 324 g/mol. The van der Waals surface area contributed by atoms with Gasteiger partial charge in [0.2, 0.25) is 0 Å². The molecule has 0 heterocycles. The first-order chi connectivity index (χ1) is 11.9. The lowest BCUT2D eigenvalue weighted by molar-refractivity contribution is -0.136. The predicted octanol–water partition coefficient (Wildman–Crippen LogP) is 2.82. The number of hydrogen-bond acceptors (Lipinski definition) is 5. The first kappa shape index (κ1) is 18.2. The lowest BCUT2D eigenvalue weighted by Crippen LogP contribution is -2.06. The van der Waals surface area contributed by atoms with Gasteiger partial charge in [-0.1, -0.05) is 12.1 Å². The summed E-state index contributed by atoms with van der Waals surface area (Å²) in [5, 5.41) is 18.5. The van der Waals surface area contributed by atoms with Crippen LogP contribution in [0, 0.1) is 0 Å². The van der Waals surface area contributed by atoms with Crippen LogP contribution in [0.15, 0.2) is 42.5 Å². The van der Waals surface area contributed by atoms with Crippen molar-refractivity contribution in [2.24, 2.45) is 0 Å². The molecule has 2 aromatic rings. The number of esters is 1. The number of ether oxygens (including phenoxy) is 1. The van der Waals surface area contributed by atoms with E-state index >= 15 is 0 Å². The molecule has 0 fully saturated rings. The fourth-order valence-electron chi connectivity index (χ4n) is 2.31. The van der Waals surface area contributed by atoms with Gasteiger partial charge >= 0.3 is 11.9 Å². The van der Waals surface area contributed by atoms with E-state index in [2.05, 4.69) is 0 Å². The SMILES string of the molecule is CCOC(=O)c1ccc(C(=O)c2ccc(O)c(CCC(=O)O)c2)cc1. The van der Waals surface area contributed by atoms with E-state index in [-0.39, 0.29) is 31.0 Å². The van der Waals surface area contributed by atoms with E-state index in [9.17, 15) is 19.5 Å². The minimum atomic E-state index is -0.981. The number of hydrogen-bond donors (Lipinski definition) is 2. The van der Waals surface area contributed by atoms with E-state index in [4.69, 9.17) is 9.84 Å². The number of ketones is 1. The van der Waals surface area contributed by atoms with E-state index in [0.29, 0.717) is 22.3 Å². The summed E-state index contributed by atoms with van der Waals surface area (Å²) in [5.41, 5.74) is 1.47. The predicted molar refractivity (Wildman–Crippen MR) is 89.9 cm³/mol. The molecule has 0 saturated heterocycles. The Labute approximate surface area is 144 Å². The van der Waals surface area contributed by atoms with E-state index in [1.165, 1.54) is 42.5 Å². The summed E-state index contributed by atoms with van der Waals surface area (Å²) in [6, 6.07) is 10.4. The van der Waals surface area contributed by atoms with Crippen molar-refractivity contribution in [2.45, 2.75) is 19.8 Å². The topological polar surface area (TPSA) is 101 Å². The average Bonchev–Trinajstić information content (AvgIpc) is 2.60. The molecule has 0 aliphatic carbocycles. The van der Waals surface area contributed by atoms with Crippen molar-refractivity contribution in [2.75, 3.05) is 6.61 Å². The summed E-state index contributed by atoms with van der Waals surface area (Å²) in [6.45, 7) is 1.98. The molecule has 2 aromatic carbocycles. The molecule has 0 unspecified atom stereocenters. The van der Waals surface area contributed by atoms with Crippen LogP contribution in [0.25, 0.3) is 0 Å². The van der Waals surface area contributed by atoms with Crippen molar-refractivity contribution >= 4 is 17.7 Å². The van der Waals surface area contributed by atoms with E-state index in [0.717, 1.165) is 0 Å². The first-order valence-corrected chi connectivity index (χ1v) is 7.78. The van der Waals surface area contributed by atoms with Crippen molar-refractivity contribution in [3.63, 3.8) is 0 Å². The molecule has 6 heteroatoms. The molecule has 0 aliphatic rings. The second kappa shape index (κ2) is 8.10. The van der Waals surface area contributed by atoms with Gasteiger partial charge < -0.3 is 14.9 Å². The van der Waals surface area contributed by atoms with E-state index in [1.807, 2.05) is 0 Å². The summed E-state index contributed by atoms with van der Waals surface area (Å²) < 4.78 is 4.89. The second-order valence-corrected chi connectivity index (χ2v) is 5.36. The zero-order valence-electron chi connectivity index (χ0n) is 13.7. The van der Waals surface area contributed by atoms with Crippen molar-refractivity contribution in [1.29, 1.82) is 0 Å². The largest absolute Gasteiger partial charge is 0.508 e. The maximum atomic E-state index is 12.5. The van der Waals surface area contributed by atoms with Crippen LogP contribution in [0.2, 0.25) is 0 Å². The summed E-state index contributed by atoms with van der Waals surface area (Å²) >= 11 is 0. The standard InChI is InChI=1S/C19H18O6/c1-2-25-19(24)13-5-3-12(4-6-13)18(23)15-7-9-16(20)14(11-15)8-10-17(21)22/h3-7,9,11,20H,2,8,10H2,1H3,(H,21,22). The quantitative estimate of drug-likeness (QED) is 0.593. The smallest absolute Gasteiger partial charge is 0.338 e. The molecule has 0 saturated carbocycles. The van der Waals surface area contributed by atoms with Gasteiger partial charge in [-0.25, -0.2) is 4.79 Å². The molecule has 0 amide bonds. The van der Waals surface area contributed by atoms with E-state index < -0.39 is 11.9 Å². The number of carbonyl (C=O) groups is 3. The molecule has 0 aliphatic heterocycles. The van der Waals surface area contributed by atoms with Crippen LogP contribution in [-0.4, -0.2) is 34.5 Å². The molecule has 0 atom stereocenters. The molecule has 0 bridgehead atoms. The van der Waals surface area contributed by atoms with Gasteiger partial charge in [-0.05, 0) is 49.2 Å². The molecule has 6 nitrogen and oxygen atoms in total. The van der Waals surface area contributed by atoms with Gasteiger partial charge in [0, 0.05) is 17.5 Å². The lowest BCUT2D eigenvalue weighted by Gasteiger charge is -2.07. The lowest BCUT2D eigenvalue weighted by atomic mass is 9.98. The molecule has 2 N–H and O–H groups in total. The molecule has 2 rings (SSSR count). The van der Waals surface area contributed by atoms with Gasteiger partial charge in [-0.3, -0.25) is 9.59 Å². The van der Waals surface area contributed by atoms with Gasteiger partial charge in [0.25, 0.3) is 0 Å². The number of carbonyl (C=O) groups excluding carboxylic acids is 2. The molecule has 0 aromatic heterocycles. The van der Waals surface area contributed by atoms with Crippen LogP contribution in [-0.2, 0) is 16.0 Å². The van der Waals surface area contributed by atoms with Crippen molar-refractivity contribution in [3.8, 4) is 5.75 Å². The fourth-order valence-corrected chi connectivity index (χ4v) is 2.31. The number of carboxylic acids is 1. The van der Waals surface area contributed by atoms with Gasteiger partial charge in [0.15, 0.2) is 5.78 Å². The fraction of sp³-hybridized carbons (Fsp3) is 0.211. The van der Waals surface area contributed by atoms with Gasteiger partial charge in [-0.2, -0.15) is 0 Å². The third-order valence-corrected chi connectivity index (χ3v) is 3.61. The number of phenols is 1. The Hall–Kier alpha value is -3.15. The molecule has 130 valence electrons. The highest BCUT2D eigenvalue weighted by Gasteiger charge is 2.14. The zero-order valence-corrected chi connectivity index (χ0v) is 13.7. The van der Waals surface area contributed by atoms with Crippen LogP contribution in [0.3, 0.4) is 0 Å². The van der Waals surface area contributed by atoms with Gasteiger partial charge in [-0.15, -0.1) is 0 Å². The third-order valence-electron chi connectivity index (χ3n) is 3.61. The molecule has 25 heavy (non-hydrogen) atoms. The van der Waals surface area contributed by atoms with Gasteiger partial charge in [0.05, 0.1) is 12.2 Å². The Morgan fingerprint density at radius 2 is 1.56 bits per heavy atom. The van der Waals surface area contributed by atoms with Crippen molar-refractivity contribution < 1.29 is 29.3 Å². The van der Waals surface area contributed by atoms with Crippen LogP contribution >= 0.6 is 0 Å². The minimum Gasteiger partial charge on any atom is -0.508 e. The van der Waals surface area contributed by atoms with Crippen LogP contribution in [0.1, 0.15) is 45.2 Å². The average molecular weight is 342 g/mol. The summed E-state index contributed by atoms with van der Waals surface area (Å²) in [4.78, 5) is 34.8. The third kappa shape index (κ3) is 4.67. The normalized spacial score (nSPS) is 10.3. The Morgan fingerprint density at radius 1 is 0.960 bits per heavy atom. The summed E-state index contributed by atoms with van der Waals surface area (Å²) in [7, 11) is 0. The monoisotopic (exact) mass is 342 g/mol. The molecular formula is C19H18O6. The molecule has 0 spiro atoms. The summed E-state index contributed by atoms with van der Waals surface area (Å²) in [6.07, 6.45) is -0.0104. The Balaban J connectivity index is 2.21. The van der Waals surface area contributed by atoms with Gasteiger partial charge in [0.1, 0.15) is 5.75 Å². The number of benzene rings is 2. The van der Waals surface area contributed by atoms with Crippen LogP contribution in [0.5, 0.6) is 5.75 Å². The van der Waals surface area contributed by atoms with Crippen LogP contribution in [0.4, 0.5) is 0 Å². The van der Waals surface area contributed by atoms with E-state index in [1.54, 1.807) is 6.92 Å². The van der Waals surface area contributed by atoms with Crippen molar-refractivity contribution in [1.82, 2.24) is 0 Å². The number of carboxylic acid groups (broad SMARTS) is 1. The highest BCUT2D eigenvalue weighted by molar-refractivity contribution is 6.09. The number of rotatable bonds is 7. The molecule has 0 radical (unpaired) electrons. The first-order valence-electron chi connectivity index (χ1n) is 7.78. The minimum absolute atomic E-state index is 0.0459. The number of phenolic OH excluding ortho intramolecular Hbond substituents is 1. The summed E-state index contributed by atoms with van der Waals surface area (Å²) in [5.74, 6) is -1.77. The Bertz CT molecular complexity index is 792. The Morgan fingerprint density at radius 3 is 2.16 bits per heavy atom. The maximum absolute atomic E-state index is 12.5. The maximum Gasteiger partial charge on any atom is 0.338 e. The number of aliphatic carboxylic acids is 1. The van der Waals surface area contributed by atoms with Crippen LogP contribution < -0.4 is 0 Å². The highest BCUT2D eigenvalue weighted by atomic mass is 16.5. The number of aryl methyl sites for hydroxylation is 1. The highest BCUT2D eigenvalue weighted by Crippen LogP contribution is 2.22.